The van der Waals surface area contributed by atoms with Crippen LogP contribution in [0.4, 0.5) is 5.69 Å². The lowest BCUT2D eigenvalue weighted by Crippen LogP contribution is -2.36. The highest BCUT2D eigenvalue weighted by Crippen LogP contribution is 2.30. The second-order valence-electron chi connectivity index (χ2n) is 5.40. The number of rotatable bonds is 4. The van der Waals surface area contributed by atoms with Gasteiger partial charge in [0.25, 0.3) is 0 Å². The Labute approximate surface area is 117 Å². The van der Waals surface area contributed by atoms with E-state index in [2.05, 4.69) is 0 Å². The Morgan fingerprint density at radius 3 is 2.53 bits per heavy atom. The van der Waals surface area contributed by atoms with E-state index in [1.54, 1.807) is 12.1 Å². The highest BCUT2D eigenvalue weighted by molar-refractivity contribution is 8.00. The summed E-state index contributed by atoms with van der Waals surface area (Å²) in [6.45, 7) is 3.83. The lowest BCUT2D eigenvalue weighted by atomic mass is 10.1. The number of thioether (sulfide) groups is 1. The minimum absolute atomic E-state index is 0.134. The Balaban J connectivity index is 2.09. The van der Waals surface area contributed by atoms with Gasteiger partial charge in [-0.2, -0.15) is 0 Å². The predicted molar refractivity (Wildman–Crippen MR) is 78.1 cm³/mol. The van der Waals surface area contributed by atoms with Crippen molar-refractivity contribution in [1.82, 2.24) is 0 Å². The van der Waals surface area contributed by atoms with Gasteiger partial charge in [0.1, 0.15) is 0 Å². The molecule has 5 heteroatoms. The van der Waals surface area contributed by atoms with Crippen molar-refractivity contribution in [3.05, 3.63) is 30.3 Å². The summed E-state index contributed by atoms with van der Waals surface area (Å²) in [7, 11) is 0. The number of imide groups is 1. The molecule has 1 aliphatic heterocycles. The first-order valence-electron chi connectivity index (χ1n) is 6.21. The topological polar surface area (TPSA) is 63.4 Å². The minimum atomic E-state index is -0.339. The highest BCUT2D eigenvalue weighted by atomic mass is 32.2. The first-order chi connectivity index (χ1) is 8.88. The van der Waals surface area contributed by atoms with Crippen LogP contribution in [0.15, 0.2) is 30.3 Å². The average Bonchev–Trinajstić information content (AvgIpc) is 2.62. The number of amides is 2. The van der Waals surface area contributed by atoms with Crippen molar-refractivity contribution in [2.75, 3.05) is 10.7 Å². The number of carbonyl (C=O) groups is 2. The third kappa shape index (κ3) is 3.36. The van der Waals surface area contributed by atoms with Gasteiger partial charge in [-0.05, 0) is 26.0 Å². The third-order valence-electron chi connectivity index (χ3n) is 2.78. The second-order valence-corrected chi connectivity index (χ2v) is 6.59. The van der Waals surface area contributed by atoms with E-state index in [1.165, 1.54) is 16.7 Å². The fraction of sp³-hybridized carbons (Fsp3) is 0.429. The summed E-state index contributed by atoms with van der Waals surface area (Å²) >= 11 is 1.46. The van der Waals surface area contributed by atoms with E-state index in [-0.39, 0.29) is 29.0 Å². The molecule has 0 bridgehead atoms. The van der Waals surface area contributed by atoms with Crippen LogP contribution in [0, 0.1) is 0 Å². The zero-order chi connectivity index (χ0) is 14.0. The van der Waals surface area contributed by atoms with Crippen molar-refractivity contribution in [3.63, 3.8) is 0 Å². The third-order valence-corrected chi connectivity index (χ3v) is 4.46. The van der Waals surface area contributed by atoms with Crippen LogP contribution >= 0.6 is 11.8 Å². The molecule has 2 amide bonds. The van der Waals surface area contributed by atoms with Crippen molar-refractivity contribution in [1.29, 1.82) is 0 Å². The summed E-state index contributed by atoms with van der Waals surface area (Å²) in [5.41, 5.74) is 6.22. The molecule has 1 fully saturated rings. The molecule has 0 aliphatic carbocycles. The summed E-state index contributed by atoms with van der Waals surface area (Å²) in [4.78, 5) is 25.5. The van der Waals surface area contributed by atoms with Crippen LogP contribution in [0.3, 0.4) is 0 Å². The van der Waals surface area contributed by atoms with E-state index in [0.29, 0.717) is 11.4 Å². The van der Waals surface area contributed by atoms with Gasteiger partial charge in [0.05, 0.1) is 10.9 Å². The van der Waals surface area contributed by atoms with E-state index < -0.39 is 0 Å². The summed E-state index contributed by atoms with van der Waals surface area (Å²) in [5.74, 6) is 0.383. The molecule has 1 aromatic rings. The fourth-order valence-electron chi connectivity index (χ4n) is 1.90. The molecule has 1 aliphatic rings. The number of hydrogen-bond acceptors (Lipinski definition) is 4. The highest BCUT2D eigenvalue weighted by Gasteiger charge is 2.40. The fourth-order valence-corrected chi connectivity index (χ4v) is 3.04. The molecule has 1 heterocycles. The lowest BCUT2D eigenvalue weighted by molar-refractivity contribution is -0.121. The Kier molecular flexibility index (Phi) is 3.96. The molecule has 19 heavy (non-hydrogen) atoms. The molecule has 0 saturated carbocycles. The molecule has 1 saturated heterocycles. The summed E-state index contributed by atoms with van der Waals surface area (Å²) in [6, 6.07) is 9.04. The molecule has 0 radical (unpaired) electrons. The van der Waals surface area contributed by atoms with Crippen LogP contribution in [0.5, 0.6) is 0 Å². The normalized spacial score (nSPS) is 20.2. The Bertz CT molecular complexity index is 482. The van der Waals surface area contributed by atoms with Crippen molar-refractivity contribution >= 4 is 29.3 Å². The number of carbonyl (C=O) groups excluding carboxylic acids is 2. The van der Waals surface area contributed by atoms with Gasteiger partial charge in [-0.1, -0.05) is 18.2 Å². The standard InChI is InChI=1S/C14H18N2O2S/c1-14(2,15)9-19-11-8-12(17)16(13(11)18)10-6-4-3-5-7-10/h3-7,11H,8-9,15H2,1-2H3. The zero-order valence-corrected chi connectivity index (χ0v) is 11.9. The quantitative estimate of drug-likeness (QED) is 0.853. The number of para-hydroxylation sites is 1. The molecule has 2 rings (SSSR count). The van der Waals surface area contributed by atoms with Gasteiger partial charge in [-0.15, -0.1) is 11.8 Å². The molecule has 102 valence electrons. The summed E-state index contributed by atoms with van der Waals surface area (Å²) < 4.78 is 0. The number of nitrogens with zero attached hydrogens (tertiary/aromatic N) is 1. The smallest absolute Gasteiger partial charge is 0.247 e. The van der Waals surface area contributed by atoms with Crippen LogP contribution in [-0.2, 0) is 9.59 Å². The van der Waals surface area contributed by atoms with E-state index in [0.717, 1.165) is 0 Å². The largest absolute Gasteiger partial charge is 0.325 e. The predicted octanol–water partition coefficient (Wildman–Crippen LogP) is 1.79. The molecule has 1 aromatic carbocycles. The van der Waals surface area contributed by atoms with Gasteiger partial charge in [0.2, 0.25) is 11.8 Å². The maximum atomic E-state index is 12.3. The first kappa shape index (κ1) is 14.1. The molecule has 1 unspecified atom stereocenters. The van der Waals surface area contributed by atoms with Crippen LogP contribution in [-0.4, -0.2) is 28.4 Å². The van der Waals surface area contributed by atoms with Crippen LogP contribution in [0.25, 0.3) is 0 Å². The zero-order valence-electron chi connectivity index (χ0n) is 11.1. The first-order valence-corrected chi connectivity index (χ1v) is 7.26. The Hall–Kier alpha value is -1.33. The number of hydrogen-bond donors (Lipinski definition) is 1. The maximum Gasteiger partial charge on any atom is 0.247 e. The summed E-state index contributed by atoms with van der Waals surface area (Å²) in [5, 5.41) is -0.310. The van der Waals surface area contributed by atoms with Gasteiger partial charge in [-0.25, -0.2) is 4.90 Å². The van der Waals surface area contributed by atoms with Crippen LogP contribution in [0.1, 0.15) is 20.3 Å². The second kappa shape index (κ2) is 5.35. The molecule has 0 spiro atoms. The SMILES string of the molecule is CC(C)(N)CSC1CC(=O)N(c2ccccc2)C1=O. The van der Waals surface area contributed by atoms with Crippen LogP contribution < -0.4 is 10.6 Å². The van der Waals surface area contributed by atoms with Crippen LogP contribution in [0.2, 0.25) is 0 Å². The molecular weight excluding hydrogens is 260 g/mol. The Morgan fingerprint density at radius 2 is 1.95 bits per heavy atom. The van der Waals surface area contributed by atoms with Crippen molar-refractivity contribution in [3.8, 4) is 0 Å². The van der Waals surface area contributed by atoms with E-state index in [9.17, 15) is 9.59 Å². The van der Waals surface area contributed by atoms with E-state index in [4.69, 9.17) is 5.73 Å². The summed E-state index contributed by atoms with van der Waals surface area (Å²) in [6.07, 6.45) is 0.258. The monoisotopic (exact) mass is 278 g/mol. The molecule has 0 aromatic heterocycles. The van der Waals surface area contributed by atoms with Crippen molar-refractivity contribution in [2.24, 2.45) is 5.73 Å². The molecule has 4 nitrogen and oxygen atoms in total. The minimum Gasteiger partial charge on any atom is -0.325 e. The van der Waals surface area contributed by atoms with E-state index in [1.807, 2.05) is 32.0 Å². The molecular formula is C14H18N2O2S. The van der Waals surface area contributed by atoms with Gasteiger partial charge >= 0.3 is 0 Å². The van der Waals surface area contributed by atoms with Gasteiger partial charge < -0.3 is 5.73 Å². The van der Waals surface area contributed by atoms with E-state index >= 15 is 0 Å². The maximum absolute atomic E-state index is 12.3. The Morgan fingerprint density at radius 1 is 1.32 bits per heavy atom. The molecule has 2 N–H and O–H groups in total. The van der Waals surface area contributed by atoms with Crippen molar-refractivity contribution in [2.45, 2.75) is 31.1 Å². The van der Waals surface area contributed by atoms with Crippen molar-refractivity contribution < 1.29 is 9.59 Å². The van der Waals surface area contributed by atoms with Gasteiger partial charge in [0, 0.05) is 17.7 Å². The number of nitrogens with two attached hydrogens (primary N) is 1. The van der Waals surface area contributed by atoms with Gasteiger partial charge in [0.15, 0.2) is 0 Å². The lowest BCUT2D eigenvalue weighted by Gasteiger charge is -2.20. The number of benzene rings is 1. The number of anilines is 1. The average molecular weight is 278 g/mol. The van der Waals surface area contributed by atoms with Gasteiger partial charge in [-0.3, -0.25) is 9.59 Å². The molecule has 1 atom stereocenters.